The fourth-order valence-electron chi connectivity index (χ4n) is 2.26. The first-order valence-electron chi connectivity index (χ1n) is 8.15. The monoisotopic (exact) mass is 339 g/mol. The molecule has 0 aliphatic rings. The maximum Gasteiger partial charge on any atom is 0.265 e. The summed E-state index contributed by atoms with van der Waals surface area (Å²) < 4.78 is 9.11. The highest BCUT2D eigenvalue weighted by atomic mass is 16.5. The van der Waals surface area contributed by atoms with Gasteiger partial charge in [-0.1, -0.05) is 18.2 Å². The summed E-state index contributed by atoms with van der Waals surface area (Å²) in [6.07, 6.45) is 4.53. The standard InChI is InChI=1S/C18H21N5O2/c1-13(2)23-12-15(11-19-23)20-18(24)14(3)25-17-9-10-22(21-17)16-7-5-4-6-8-16/h4-14H,1-3H3,(H,20,24)/t14-/m1/s1. The van der Waals surface area contributed by atoms with Crippen LogP contribution in [0.25, 0.3) is 5.69 Å². The predicted octanol–water partition coefficient (Wildman–Crippen LogP) is 3.06. The Labute approximate surface area is 146 Å². The second-order valence-electron chi connectivity index (χ2n) is 5.99. The molecule has 25 heavy (non-hydrogen) atoms. The molecule has 0 fully saturated rings. The molecule has 130 valence electrons. The summed E-state index contributed by atoms with van der Waals surface area (Å²) in [6, 6.07) is 11.7. The lowest BCUT2D eigenvalue weighted by molar-refractivity contribution is -0.122. The minimum atomic E-state index is -0.679. The molecule has 0 spiro atoms. The number of nitrogens with zero attached hydrogens (tertiary/aromatic N) is 4. The molecule has 0 radical (unpaired) electrons. The molecular weight excluding hydrogens is 318 g/mol. The molecule has 0 aliphatic heterocycles. The van der Waals surface area contributed by atoms with E-state index in [1.165, 1.54) is 0 Å². The first kappa shape index (κ1) is 16.8. The maximum atomic E-state index is 12.3. The van der Waals surface area contributed by atoms with Gasteiger partial charge in [-0.05, 0) is 32.9 Å². The largest absolute Gasteiger partial charge is 0.463 e. The van der Waals surface area contributed by atoms with Crippen molar-refractivity contribution in [1.82, 2.24) is 19.6 Å². The number of anilines is 1. The van der Waals surface area contributed by atoms with E-state index in [-0.39, 0.29) is 11.9 Å². The van der Waals surface area contributed by atoms with Gasteiger partial charge in [0.05, 0.1) is 17.6 Å². The second-order valence-corrected chi connectivity index (χ2v) is 5.99. The molecule has 0 unspecified atom stereocenters. The summed E-state index contributed by atoms with van der Waals surface area (Å²) in [4.78, 5) is 12.3. The predicted molar refractivity (Wildman–Crippen MR) is 94.9 cm³/mol. The summed E-state index contributed by atoms with van der Waals surface area (Å²) in [5.74, 6) is 0.141. The highest BCUT2D eigenvalue weighted by Crippen LogP contribution is 2.14. The van der Waals surface area contributed by atoms with E-state index in [0.29, 0.717) is 11.6 Å². The van der Waals surface area contributed by atoms with E-state index < -0.39 is 6.10 Å². The molecule has 1 N–H and O–H groups in total. The zero-order chi connectivity index (χ0) is 17.8. The van der Waals surface area contributed by atoms with Crippen molar-refractivity contribution in [3.63, 3.8) is 0 Å². The molecule has 0 saturated heterocycles. The molecule has 0 saturated carbocycles. The highest BCUT2D eigenvalue weighted by Gasteiger charge is 2.17. The maximum absolute atomic E-state index is 12.3. The van der Waals surface area contributed by atoms with Crippen molar-refractivity contribution in [3.05, 3.63) is 55.0 Å². The molecule has 0 aliphatic carbocycles. The average Bonchev–Trinajstić information content (AvgIpc) is 3.25. The van der Waals surface area contributed by atoms with E-state index >= 15 is 0 Å². The Kier molecular flexibility index (Phi) is 4.83. The minimum Gasteiger partial charge on any atom is -0.463 e. The second kappa shape index (κ2) is 7.21. The molecule has 1 aromatic carbocycles. The SMILES string of the molecule is CC(C)n1cc(NC(=O)[C@@H](C)Oc2ccn(-c3ccccc3)n2)cn1. The number of amides is 1. The number of nitrogens with one attached hydrogen (secondary N) is 1. The van der Waals surface area contributed by atoms with Crippen LogP contribution in [0.3, 0.4) is 0 Å². The van der Waals surface area contributed by atoms with Crippen LogP contribution in [0.15, 0.2) is 55.0 Å². The Morgan fingerprint density at radius 1 is 1.16 bits per heavy atom. The van der Waals surface area contributed by atoms with Crippen LogP contribution in [-0.2, 0) is 4.79 Å². The van der Waals surface area contributed by atoms with Gasteiger partial charge in [0.15, 0.2) is 6.10 Å². The topological polar surface area (TPSA) is 74.0 Å². The van der Waals surface area contributed by atoms with E-state index in [9.17, 15) is 4.79 Å². The molecule has 2 heterocycles. The van der Waals surface area contributed by atoms with E-state index in [4.69, 9.17) is 4.74 Å². The van der Waals surface area contributed by atoms with Gasteiger partial charge in [-0.25, -0.2) is 4.68 Å². The van der Waals surface area contributed by atoms with Gasteiger partial charge < -0.3 is 10.1 Å². The fourth-order valence-corrected chi connectivity index (χ4v) is 2.26. The lowest BCUT2D eigenvalue weighted by Gasteiger charge is -2.12. The van der Waals surface area contributed by atoms with Gasteiger partial charge in [0.25, 0.3) is 5.91 Å². The molecule has 2 aromatic heterocycles. The summed E-state index contributed by atoms with van der Waals surface area (Å²) >= 11 is 0. The Balaban J connectivity index is 1.60. The van der Waals surface area contributed by atoms with Crippen LogP contribution < -0.4 is 10.1 Å². The Hall–Kier alpha value is -3.09. The van der Waals surface area contributed by atoms with Gasteiger partial charge in [-0.15, -0.1) is 5.10 Å². The van der Waals surface area contributed by atoms with Crippen molar-refractivity contribution < 1.29 is 9.53 Å². The van der Waals surface area contributed by atoms with Gasteiger partial charge >= 0.3 is 0 Å². The number of carbonyl (C=O) groups excluding carboxylic acids is 1. The van der Waals surface area contributed by atoms with E-state index in [1.807, 2.05) is 44.2 Å². The molecule has 1 atom stereocenters. The van der Waals surface area contributed by atoms with Crippen LogP contribution in [0.2, 0.25) is 0 Å². The minimum absolute atomic E-state index is 0.237. The average molecular weight is 339 g/mol. The van der Waals surface area contributed by atoms with Crippen molar-refractivity contribution in [2.75, 3.05) is 5.32 Å². The number of ether oxygens (including phenoxy) is 1. The number of aromatic nitrogens is 4. The molecule has 7 nitrogen and oxygen atoms in total. The molecule has 0 bridgehead atoms. The Morgan fingerprint density at radius 3 is 2.60 bits per heavy atom. The van der Waals surface area contributed by atoms with Gasteiger partial charge in [-0.3, -0.25) is 9.48 Å². The summed E-state index contributed by atoms with van der Waals surface area (Å²) in [5.41, 5.74) is 1.57. The summed E-state index contributed by atoms with van der Waals surface area (Å²) in [7, 11) is 0. The van der Waals surface area contributed by atoms with Crippen LogP contribution >= 0.6 is 0 Å². The number of hydrogen-bond donors (Lipinski definition) is 1. The van der Waals surface area contributed by atoms with Gasteiger partial charge in [0.1, 0.15) is 0 Å². The van der Waals surface area contributed by atoms with Crippen molar-refractivity contribution >= 4 is 11.6 Å². The van der Waals surface area contributed by atoms with Crippen LogP contribution in [-0.4, -0.2) is 31.6 Å². The number of carbonyl (C=O) groups is 1. The lowest BCUT2D eigenvalue weighted by Crippen LogP contribution is -2.30. The molecule has 7 heteroatoms. The first-order chi connectivity index (χ1) is 12.0. The van der Waals surface area contributed by atoms with Gasteiger partial charge in [0.2, 0.25) is 5.88 Å². The number of hydrogen-bond acceptors (Lipinski definition) is 4. The van der Waals surface area contributed by atoms with Crippen molar-refractivity contribution in [1.29, 1.82) is 0 Å². The van der Waals surface area contributed by atoms with Crippen molar-refractivity contribution in [2.45, 2.75) is 32.9 Å². The van der Waals surface area contributed by atoms with Crippen LogP contribution in [0, 0.1) is 0 Å². The third-order valence-electron chi connectivity index (χ3n) is 3.65. The van der Waals surface area contributed by atoms with E-state index in [2.05, 4.69) is 15.5 Å². The number of benzene rings is 1. The van der Waals surface area contributed by atoms with Crippen LogP contribution in [0.5, 0.6) is 5.88 Å². The number of rotatable bonds is 6. The third kappa shape index (κ3) is 4.06. The molecule has 3 aromatic rings. The van der Waals surface area contributed by atoms with E-state index in [0.717, 1.165) is 5.69 Å². The summed E-state index contributed by atoms with van der Waals surface area (Å²) in [6.45, 7) is 5.73. The third-order valence-corrected chi connectivity index (χ3v) is 3.65. The Bertz CT molecular complexity index is 838. The zero-order valence-corrected chi connectivity index (χ0v) is 14.5. The zero-order valence-electron chi connectivity index (χ0n) is 14.5. The highest BCUT2D eigenvalue weighted by molar-refractivity contribution is 5.93. The quantitative estimate of drug-likeness (QED) is 0.749. The molecule has 3 rings (SSSR count). The lowest BCUT2D eigenvalue weighted by atomic mass is 10.3. The van der Waals surface area contributed by atoms with Gasteiger partial charge in [-0.2, -0.15) is 5.10 Å². The van der Waals surface area contributed by atoms with Crippen LogP contribution in [0.4, 0.5) is 5.69 Å². The number of para-hydroxylation sites is 1. The smallest absolute Gasteiger partial charge is 0.265 e. The normalized spacial score (nSPS) is 12.2. The Morgan fingerprint density at radius 2 is 1.92 bits per heavy atom. The fraction of sp³-hybridized carbons (Fsp3) is 0.278. The van der Waals surface area contributed by atoms with Gasteiger partial charge in [0, 0.05) is 24.5 Å². The van der Waals surface area contributed by atoms with Crippen LogP contribution in [0.1, 0.15) is 26.8 Å². The molecular formula is C18H21N5O2. The molecule has 1 amide bonds. The van der Waals surface area contributed by atoms with Crippen molar-refractivity contribution in [2.24, 2.45) is 0 Å². The van der Waals surface area contributed by atoms with E-state index in [1.54, 1.807) is 40.9 Å². The van der Waals surface area contributed by atoms with Crippen molar-refractivity contribution in [3.8, 4) is 11.6 Å². The first-order valence-corrected chi connectivity index (χ1v) is 8.15. The summed E-state index contributed by atoms with van der Waals surface area (Å²) in [5, 5.41) is 11.3.